The van der Waals surface area contributed by atoms with Crippen LogP contribution in [0.3, 0.4) is 0 Å². The first-order chi connectivity index (χ1) is 11.3. The fraction of sp³-hybridized carbons (Fsp3) is 0.632. The first-order valence-corrected chi connectivity index (χ1v) is 9.10. The zero-order valence-electron chi connectivity index (χ0n) is 14.5. The van der Waals surface area contributed by atoms with Gasteiger partial charge >= 0.3 is 0 Å². The maximum absolute atomic E-state index is 5.48. The Labute approximate surface area is 139 Å². The van der Waals surface area contributed by atoms with Gasteiger partial charge in [0.05, 0.1) is 5.69 Å². The van der Waals surface area contributed by atoms with Crippen molar-refractivity contribution in [2.75, 3.05) is 39.3 Å². The van der Waals surface area contributed by atoms with E-state index in [1.165, 1.54) is 56.5 Å². The van der Waals surface area contributed by atoms with Crippen LogP contribution in [0.4, 0.5) is 0 Å². The van der Waals surface area contributed by atoms with E-state index < -0.39 is 0 Å². The van der Waals surface area contributed by atoms with E-state index in [9.17, 15) is 0 Å². The highest BCUT2D eigenvalue weighted by Crippen LogP contribution is 2.32. The monoisotopic (exact) mass is 315 g/mol. The van der Waals surface area contributed by atoms with Gasteiger partial charge in [-0.15, -0.1) is 0 Å². The smallest absolute Gasteiger partial charge is 0.167 e. The van der Waals surface area contributed by atoms with E-state index in [1.807, 2.05) is 12.1 Å². The first kappa shape index (κ1) is 16.5. The van der Waals surface area contributed by atoms with E-state index in [0.29, 0.717) is 5.92 Å². The van der Waals surface area contributed by atoms with E-state index in [4.69, 9.17) is 4.52 Å². The summed E-state index contributed by atoms with van der Waals surface area (Å²) < 4.78 is 5.48. The molecule has 0 atom stereocenters. The lowest BCUT2D eigenvalue weighted by Gasteiger charge is -2.31. The number of hydrogen-bond acceptors (Lipinski definition) is 4. The fourth-order valence-electron chi connectivity index (χ4n) is 3.69. The largest absolute Gasteiger partial charge is 0.356 e. The zero-order valence-corrected chi connectivity index (χ0v) is 14.5. The predicted octanol–water partition coefficient (Wildman–Crippen LogP) is 3.74. The number of benzene rings is 1. The van der Waals surface area contributed by atoms with Crippen molar-refractivity contribution in [2.45, 2.75) is 39.0 Å². The second-order valence-electron chi connectivity index (χ2n) is 6.56. The minimum absolute atomic E-state index is 0.553. The van der Waals surface area contributed by atoms with Crippen molar-refractivity contribution in [1.82, 2.24) is 15.0 Å². The highest BCUT2D eigenvalue weighted by Gasteiger charge is 2.24. The van der Waals surface area contributed by atoms with Crippen molar-refractivity contribution in [3.05, 3.63) is 30.0 Å². The van der Waals surface area contributed by atoms with E-state index in [0.717, 1.165) is 18.7 Å². The molecule has 0 aliphatic carbocycles. The van der Waals surface area contributed by atoms with Crippen LogP contribution in [0.2, 0.25) is 0 Å². The molecule has 3 rings (SSSR count). The fourth-order valence-corrected chi connectivity index (χ4v) is 3.69. The number of hydrogen-bond donors (Lipinski definition) is 0. The molecule has 1 aromatic heterocycles. The van der Waals surface area contributed by atoms with Crippen LogP contribution in [0.25, 0.3) is 11.0 Å². The summed E-state index contributed by atoms with van der Waals surface area (Å²) in [6.07, 6.45) is 3.67. The molecule has 2 heterocycles. The zero-order chi connectivity index (χ0) is 16.1. The maximum Gasteiger partial charge on any atom is 0.167 e. The minimum atomic E-state index is 0.553. The summed E-state index contributed by atoms with van der Waals surface area (Å²) in [4.78, 5) is 5.12. The molecule has 0 saturated carbocycles. The molecular weight excluding hydrogens is 286 g/mol. The van der Waals surface area contributed by atoms with Crippen molar-refractivity contribution in [3.8, 4) is 0 Å². The van der Waals surface area contributed by atoms with Crippen LogP contribution in [-0.2, 0) is 0 Å². The van der Waals surface area contributed by atoms with Crippen molar-refractivity contribution >= 4 is 11.0 Å². The summed E-state index contributed by atoms with van der Waals surface area (Å²) in [6, 6.07) is 8.23. The molecule has 1 fully saturated rings. The molecule has 23 heavy (non-hydrogen) atoms. The summed E-state index contributed by atoms with van der Waals surface area (Å²) >= 11 is 0. The van der Waals surface area contributed by atoms with Crippen LogP contribution < -0.4 is 0 Å². The van der Waals surface area contributed by atoms with Crippen LogP contribution in [0.15, 0.2) is 28.8 Å². The molecule has 0 amide bonds. The summed E-state index contributed by atoms with van der Waals surface area (Å²) in [5.41, 5.74) is 2.09. The second kappa shape index (κ2) is 7.93. The molecule has 0 spiro atoms. The number of likely N-dealkylation sites (tertiary alicyclic amines) is 1. The van der Waals surface area contributed by atoms with Gasteiger partial charge in [0.1, 0.15) is 0 Å². The Morgan fingerprint density at radius 2 is 1.91 bits per heavy atom. The number of rotatable bonds is 7. The average molecular weight is 315 g/mol. The van der Waals surface area contributed by atoms with Crippen LogP contribution >= 0.6 is 0 Å². The van der Waals surface area contributed by atoms with Crippen molar-refractivity contribution in [2.24, 2.45) is 0 Å². The Morgan fingerprint density at radius 1 is 1.17 bits per heavy atom. The average Bonchev–Trinajstić information content (AvgIpc) is 3.03. The summed E-state index contributed by atoms with van der Waals surface area (Å²) in [6.45, 7) is 11.6. The Hall–Kier alpha value is -1.39. The molecule has 0 radical (unpaired) electrons. The number of aromatic nitrogens is 1. The van der Waals surface area contributed by atoms with Crippen molar-refractivity contribution in [1.29, 1.82) is 0 Å². The maximum atomic E-state index is 5.48. The molecule has 2 aromatic rings. The van der Waals surface area contributed by atoms with E-state index in [-0.39, 0.29) is 0 Å². The second-order valence-corrected chi connectivity index (χ2v) is 6.56. The third-order valence-corrected chi connectivity index (χ3v) is 5.22. The van der Waals surface area contributed by atoms with E-state index >= 15 is 0 Å². The van der Waals surface area contributed by atoms with Gasteiger partial charge in [-0.05, 0) is 70.7 Å². The molecule has 1 aliphatic heterocycles. The van der Waals surface area contributed by atoms with Crippen molar-refractivity contribution < 1.29 is 4.52 Å². The normalized spacial score (nSPS) is 17.3. The predicted molar refractivity (Wildman–Crippen MR) is 94.8 cm³/mol. The van der Waals surface area contributed by atoms with Gasteiger partial charge in [0.15, 0.2) is 5.58 Å². The number of fused-ring (bicyclic) bond motifs is 1. The van der Waals surface area contributed by atoms with Crippen LogP contribution in [0, 0.1) is 0 Å². The molecule has 126 valence electrons. The highest BCUT2D eigenvalue weighted by molar-refractivity contribution is 5.79. The quantitative estimate of drug-likeness (QED) is 0.779. The molecule has 0 unspecified atom stereocenters. The van der Waals surface area contributed by atoms with Crippen LogP contribution in [-0.4, -0.2) is 54.2 Å². The Bertz CT molecular complexity index is 597. The van der Waals surface area contributed by atoms with Crippen LogP contribution in [0.1, 0.15) is 44.7 Å². The number of piperidine rings is 1. The summed E-state index contributed by atoms with van der Waals surface area (Å²) in [5, 5.41) is 5.55. The van der Waals surface area contributed by atoms with Crippen molar-refractivity contribution in [3.63, 3.8) is 0 Å². The van der Waals surface area contributed by atoms with E-state index in [2.05, 4.69) is 40.9 Å². The Kier molecular flexibility index (Phi) is 5.68. The molecule has 0 bridgehead atoms. The summed E-state index contributed by atoms with van der Waals surface area (Å²) in [7, 11) is 0. The number of para-hydroxylation sites is 1. The van der Waals surface area contributed by atoms with Crippen LogP contribution in [0.5, 0.6) is 0 Å². The molecule has 4 heteroatoms. The lowest BCUT2D eigenvalue weighted by molar-refractivity contribution is 0.193. The van der Waals surface area contributed by atoms with Gasteiger partial charge in [0.25, 0.3) is 0 Å². The van der Waals surface area contributed by atoms with Gasteiger partial charge in [-0.2, -0.15) is 0 Å². The molecule has 0 N–H and O–H groups in total. The molecular formula is C19H29N3O. The van der Waals surface area contributed by atoms with Gasteiger partial charge in [0.2, 0.25) is 0 Å². The Balaban J connectivity index is 1.49. The minimum Gasteiger partial charge on any atom is -0.356 e. The molecule has 1 saturated heterocycles. The van der Waals surface area contributed by atoms with Gasteiger partial charge < -0.3 is 14.3 Å². The highest BCUT2D eigenvalue weighted by atomic mass is 16.5. The van der Waals surface area contributed by atoms with E-state index in [1.54, 1.807) is 0 Å². The number of nitrogens with zero attached hydrogens (tertiary/aromatic N) is 3. The third-order valence-electron chi connectivity index (χ3n) is 5.22. The van der Waals surface area contributed by atoms with Gasteiger partial charge in [-0.1, -0.05) is 31.1 Å². The van der Waals surface area contributed by atoms with Gasteiger partial charge in [-0.25, -0.2) is 0 Å². The SMILES string of the molecule is CCN(CC)CCCN1CCC(c2noc3ccccc23)CC1. The molecule has 4 nitrogen and oxygen atoms in total. The molecule has 1 aromatic carbocycles. The third kappa shape index (κ3) is 3.93. The summed E-state index contributed by atoms with van der Waals surface area (Å²) in [5.74, 6) is 0.553. The Morgan fingerprint density at radius 3 is 2.65 bits per heavy atom. The first-order valence-electron chi connectivity index (χ1n) is 9.10. The topological polar surface area (TPSA) is 32.5 Å². The standard InChI is InChI=1S/C19H29N3O/c1-3-21(4-2)12-7-13-22-14-10-16(11-15-22)19-17-8-5-6-9-18(17)23-20-19/h5-6,8-9,16H,3-4,7,10-15H2,1-2H3. The van der Waals surface area contributed by atoms with Gasteiger partial charge in [-0.3, -0.25) is 0 Å². The van der Waals surface area contributed by atoms with Gasteiger partial charge in [0, 0.05) is 11.3 Å². The molecule has 1 aliphatic rings. The lowest BCUT2D eigenvalue weighted by Crippen LogP contribution is -2.35. The lowest BCUT2D eigenvalue weighted by atomic mass is 9.91.